The number of aliphatic hydroxyl groups excluding tert-OH is 1. The highest BCUT2D eigenvalue weighted by molar-refractivity contribution is 5.95. The third kappa shape index (κ3) is 4.44. The summed E-state index contributed by atoms with van der Waals surface area (Å²) in [5, 5.41) is 15.5. The van der Waals surface area contributed by atoms with Crippen LogP contribution in [0.25, 0.3) is 0 Å². The third-order valence-corrected chi connectivity index (χ3v) is 5.77. The number of carbonyl (C=O) groups excluding carboxylic acids is 2. The summed E-state index contributed by atoms with van der Waals surface area (Å²) >= 11 is 0. The molecule has 2 amide bonds. The van der Waals surface area contributed by atoms with E-state index in [9.17, 15) is 14.7 Å². The van der Waals surface area contributed by atoms with Crippen molar-refractivity contribution in [1.82, 2.24) is 10.6 Å². The van der Waals surface area contributed by atoms with Crippen molar-refractivity contribution in [3.8, 4) is 0 Å². The van der Waals surface area contributed by atoms with Crippen LogP contribution in [0, 0.1) is 0 Å². The number of hydrogen-bond donors (Lipinski definition) is 3. The van der Waals surface area contributed by atoms with Crippen LogP contribution >= 0.6 is 0 Å². The van der Waals surface area contributed by atoms with Crippen molar-refractivity contribution in [1.29, 1.82) is 0 Å². The second-order valence-corrected chi connectivity index (χ2v) is 7.71. The Morgan fingerprint density at radius 2 is 1.65 bits per heavy atom. The van der Waals surface area contributed by atoms with Crippen LogP contribution in [0.1, 0.15) is 63.4 Å². The number of benzene rings is 1. The van der Waals surface area contributed by atoms with Crippen molar-refractivity contribution >= 4 is 11.8 Å². The van der Waals surface area contributed by atoms with Gasteiger partial charge in [-0.25, -0.2) is 0 Å². The zero-order valence-corrected chi connectivity index (χ0v) is 15.4. The predicted molar refractivity (Wildman–Crippen MR) is 101 cm³/mol. The molecule has 0 bridgehead atoms. The minimum Gasteiger partial charge on any atom is -0.394 e. The first kappa shape index (κ1) is 18.9. The van der Waals surface area contributed by atoms with E-state index >= 15 is 0 Å². The van der Waals surface area contributed by atoms with Crippen molar-refractivity contribution in [2.75, 3.05) is 6.61 Å². The van der Waals surface area contributed by atoms with E-state index in [1.807, 2.05) is 30.3 Å². The van der Waals surface area contributed by atoms with E-state index in [1.54, 1.807) is 0 Å². The van der Waals surface area contributed by atoms with E-state index in [0.29, 0.717) is 0 Å². The lowest BCUT2D eigenvalue weighted by atomic mass is 9.94. The monoisotopic (exact) mass is 358 g/mol. The highest BCUT2D eigenvalue weighted by atomic mass is 16.3. The second kappa shape index (κ2) is 8.67. The molecule has 0 saturated heterocycles. The molecule has 2 aliphatic carbocycles. The first-order chi connectivity index (χ1) is 12.7. The zero-order valence-electron chi connectivity index (χ0n) is 15.4. The van der Waals surface area contributed by atoms with Crippen LogP contribution in [0.2, 0.25) is 0 Å². The summed E-state index contributed by atoms with van der Waals surface area (Å²) in [6.07, 6.45) is 9.47. The van der Waals surface area contributed by atoms with Gasteiger partial charge in [-0.15, -0.1) is 0 Å². The lowest BCUT2D eigenvalue weighted by Gasteiger charge is -2.25. The van der Waals surface area contributed by atoms with Gasteiger partial charge in [-0.3, -0.25) is 9.59 Å². The first-order valence-electron chi connectivity index (χ1n) is 9.93. The molecular formula is C21H30N2O3. The van der Waals surface area contributed by atoms with Gasteiger partial charge < -0.3 is 15.7 Å². The largest absolute Gasteiger partial charge is 0.394 e. The Morgan fingerprint density at radius 3 is 2.23 bits per heavy atom. The molecule has 0 unspecified atom stereocenters. The SMILES string of the molecule is O=C(NC1CCCCCCC1)[C@H](CO)NC(=O)C1(c2ccccc2)CC1. The third-order valence-electron chi connectivity index (χ3n) is 5.77. The smallest absolute Gasteiger partial charge is 0.245 e. The van der Waals surface area contributed by atoms with Crippen LogP contribution in [0.4, 0.5) is 0 Å². The van der Waals surface area contributed by atoms with Gasteiger partial charge in [-0.05, 0) is 31.2 Å². The van der Waals surface area contributed by atoms with E-state index in [0.717, 1.165) is 44.1 Å². The van der Waals surface area contributed by atoms with Gasteiger partial charge in [0.05, 0.1) is 12.0 Å². The fourth-order valence-corrected chi connectivity index (χ4v) is 3.92. The van der Waals surface area contributed by atoms with Crippen molar-refractivity contribution in [3.05, 3.63) is 35.9 Å². The average molecular weight is 358 g/mol. The molecule has 0 spiro atoms. The quantitative estimate of drug-likeness (QED) is 0.731. The molecular weight excluding hydrogens is 328 g/mol. The molecule has 5 heteroatoms. The van der Waals surface area contributed by atoms with Gasteiger partial charge in [0.25, 0.3) is 0 Å². The summed E-state index contributed by atoms with van der Waals surface area (Å²) in [5.41, 5.74) is 0.449. The number of hydrogen-bond acceptors (Lipinski definition) is 3. The second-order valence-electron chi connectivity index (χ2n) is 7.71. The molecule has 3 N–H and O–H groups in total. The molecule has 1 atom stereocenters. The fraction of sp³-hybridized carbons (Fsp3) is 0.619. The minimum absolute atomic E-state index is 0.151. The van der Waals surface area contributed by atoms with Gasteiger partial charge >= 0.3 is 0 Å². The number of nitrogens with one attached hydrogen (secondary N) is 2. The van der Waals surface area contributed by atoms with E-state index < -0.39 is 11.5 Å². The van der Waals surface area contributed by atoms with Crippen molar-refractivity contribution in [2.24, 2.45) is 0 Å². The van der Waals surface area contributed by atoms with Crippen molar-refractivity contribution in [2.45, 2.75) is 75.3 Å². The van der Waals surface area contributed by atoms with Crippen LogP contribution in [-0.4, -0.2) is 35.6 Å². The summed E-state index contributed by atoms with van der Waals surface area (Å²) < 4.78 is 0. The summed E-state index contributed by atoms with van der Waals surface area (Å²) in [7, 11) is 0. The van der Waals surface area contributed by atoms with Gasteiger partial charge in [0, 0.05) is 6.04 Å². The van der Waals surface area contributed by atoms with Gasteiger partial charge in [0.15, 0.2) is 0 Å². The summed E-state index contributed by atoms with van der Waals surface area (Å²) in [5.74, 6) is -0.425. The zero-order chi connectivity index (χ0) is 18.4. The molecule has 1 aromatic carbocycles. The van der Waals surface area contributed by atoms with Gasteiger partial charge in [-0.2, -0.15) is 0 Å². The molecule has 0 heterocycles. The lowest BCUT2D eigenvalue weighted by Crippen LogP contribution is -2.53. The maximum Gasteiger partial charge on any atom is 0.245 e. The Bertz CT molecular complexity index is 605. The Hall–Kier alpha value is -1.88. The minimum atomic E-state index is -0.880. The standard InChI is InChI=1S/C21H30N2O3/c24-15-18(19(25)22-17-11-7-2-1-3-8-12-17)23-20(26)21(13-14-21)16-9-5-4-6-10-16/h4-6,9-10,17-18,24H,1-3,7-8,11-15H2,(H,22,25)(H,23,26)/t18-/m0/s1. The maximum absolute atomic E-state index is 12.8. The molecule has 2 aliphatic rings. The number of rotatable bonds is 6. The summed E-state index contributed by atoms with van der Waals surface area (Å²) in [6.45, 7) is -0.380. The molecule has 5 nitrogen and oxygen atoms in total. The van der Waals surface area contributed by atoms with Gasteiger partial charge in [0.1, 0.15) is 6.04 Å². The topological polar surface area (TPSA) is 78.4 Å². The maximum atomic E-state index is 12.8. The van der Waals surface area contributed by atoms with Gasteiger partial charge in [-0.1, -0.05) is 62.4 Å². The highest BCUT2D eigenvalue weighted by Gasteiger charge is 2.51. The number of amides is 2. The van der Waals surface area contributed by atoms with E-state index in [1.165, 1.54) is 19.3 Å². The van der Waals surface area contributed by atoms with Crippen molar-refractivity contribution in [3.63, 3.8) is 0 Å². The first-order valence-corrected chi connectivity index (χ1v) is 9.93. The molecule has 2 saturated carbocycles. The Morgan fingerprint density at radius 1 is 1.04 bits per heavy atom. The molecule has 26 heavy (non-hydrogen) atoms. The normalized spacial score (nSPS) is 21.1. The molecule has 0 aliphatic heterocycles. The van der Waals surface area contributed by atoms with Crippen LogP contribution in [0.15, 0.2) is 30.3 Å². The Balaban J connectivity index is 1.58. The van der Waals surface area contributed by atoms with Crippen LogP contribution in [0.3, 0.4) is 0 Å². The molecule has 0 aromatic heterocycles. The van der Waals surface area contributed by atoms with Gasteiger partial charge in [0.2, 0.25) is 11.8 Å². The van der Waals surface area contributed by atoms with Crippen molar-refractivity contribution < 1.29 is 14.7 Å². The van der Waals surface area contributed by atoms with E-state index in [-0.39, 0.29) is 24.5 Å². The fourth-order valence-electron chi connectivity index (χ4n) is 3.92. The molecule has 2 fully saturated rings. The van der Waals surface area contributed by atoms with Crippen LogP contribution in [-0.2, 0) is 15.0 Å². The predicted octanol–water partition coefficient (Wildman–Crippen LogP) is 2.42. The summed E-state index contributed by atoms with van der Waals surface area (Å²) in [4.78, 5) is 25.4. The molecule has 0 radical (unpaired) electrons. The lowest BCUT2D eigenvalue weighted by molar-refractivity contribution is -0.131. The molecule has 142 valence electrons. The Labute approximate surface area is 155 Å². The van der Waals surface area contributed by atoms with Crippen LogP contribution in [0.5, 0.6) is 0 Å². The van der Waals surface area contributed by atoms with Crippen LogP contribution < -0.4 is 10.6 Å². The summed E-state index contributed by atoms with van der Waals surface area (Å²) in [6, 6.07) is 8.95. The van der Waals surface area contributed by atoms with E-state index in [2.05, 4.69) is 10.6 Å². The van der Waals surface area contributed by atoms with E-state index in [4.69, 9.17) is 0 Å². The Kier molecular flexibility index (Phi) is 6.30. The highest BCUT2D eigenvalue weighted by Crippen LogP contribution is 2.48. The average Bonchev–Trinajstić information content (AvgIpc) is 3.44. The molecule has 1 aromatic rings. The molecule has 3 rings (SSSR count). The number of aliphatic hydroxyl groups is 1. The number of carbonyl (C=O) groups is 2.